The lowest BCUT2D eigenvalue weighted by Crippen LogP contribution is -2.07. The zero-order chi connectivity index (χ0) is 16.4. The molecule has 0 saturated carbocycles. The summed E-state index contributed by atoms with van der Waals surface area (Å²) in [5, 5.41) is 7.51. The van der Waals surface area contributed by atoms with E-state index < -0.39 is 5.97 Å². The van der Waals surface area contributed by atoms with Crippen molar-refractivity contribution in [3.8, 4) is 5.69 Å². The third kappa shape index (κ3) is 3.01. The molecular formula is C17H17N3O3. The van der Waals surface area contributed by atoms with Crippen molar-refractivity contribution in [1.29, 1.82) is 0 Å². The number of benzene rings is 1. The molecule has 2 heterocycles. The molecule has 0 aliphatic rings. The molecule has 2 aromatic heterocycles. The SMILES string of the molecule is Cc1nnc(COC(=O)c2cc(C)n(-c3ccccc3)c2C)o1. The quantitative estimate of drug-likeness (QED) is 0.692. The van der Waals surface area contributed by atoms with Gasteiger partial charge in [0.25, 0.3) is 5.89 Å². The summed E-state index contributed by atoms with van der Waals surface area (Å²) in [5.74, 6) is 0.321. The van der Waals surface area contributed by atoms with Crippen molar-refractivity contribution in [3.05, 3.63) is 65.1 Å². The number of para-hydroxylation sites is 1. The number of ether oxygens (including phenoxy) is 1. The Kier molecular flexibility index (Phi) is 3.97. The Morgan fingerprint density at radius 1 is 1.17 bits per heavy atom. The Labute approximate surface area is 133 Å². The summed E-state index contributed by atoms with van der Waals surface area (Å²) in [4.78, 5) is 12.3. The van der Waals surface area contributed by atoms with Crippen molar-refractivity contribution < 1.29 is 13.9 Å². The summed E-state index contributed by atoms with van der Waals surface area (Å²) in [5.41, 5.74) is 3.34. The van der Waals surface area contributed by atoms with Crippen molar-refractivity contribution >= 4 is 5.97 Å². The molecule has 118 valence electrons. The second-order valence-corrected chi connectivity index (χ2v) is 5.25. The first-order valence-electron chi connectivity index (χ1n) is 7.26. The number of hydrogen-bond acceptors (Lipinski definition) is 5. The fraction of sp³-hybridized carbons (Fsp3) is 0.235. The summed E-state index contributed by atoms with van der Waals surface area (Å²) in [6, 6.07) is 11.7. The first-order valence-corrected chi connectivity index (χ1v) is 7.26. The monoisotopic (exact) mass is 311 g/mol. The van der Waals surface area contributed by atoms with Crippen LogP contribution in [0.3, 0.4) is 0 Å². The number of hydrogen-bond donors (Lipinski definition) is 0. The highest BCUT2D eigenvalue weighted by Gasteiger charge is 2.18. The molecule has 0 aliphatic heterocycles. The van der Waals surface area contributed by atoms with Crippen molar-refractivity contribution in [1.82, 2.24) is 14.8 Å². The van der Waals surface area contributed by atoms with E-state index in [0.29, 0.717) is 11.5 Å². The number of carbonyl (C=O) groups is 1. The van der Waals surface area contributed by atoms with Crippen molar-refractivity contribution in [2.45, 2.75) is 27.4 Å². The van der Waals surface area contributed by atoms with Crippen LogP contribution in [-0.4, -0.2) is 20.7 Å². The highest BCUT2D eigenvalue weighted by Crippen LogP contribution is 2.21. The summed E-state index contributed by atoms with van der Waals surface area (Å²) >= 11 is 0. The predicted molar refractivity (Wildman–Crippen MR) is 83.4 cm³/mol. The summed E-state index contributed by atoms with van der Waals surface area (Å²) < 4.78 is 12.5. The molecule has 0 saturated heterocycles. The van der Waals surface area contributed by atoms with Crippen LogP contribution in [0.2, 0.25) is 0 Å². The standard InChI is InChI=1S/C17H17N3O3/c1-11-9-15(12(2)20(11)14-7-5-4-6-8-14)17(21)22-10-16-19-18-13(3)23-16/h4-9H,10H2,1-3H3. The molecule has 0 aliphatic carbocycles. The van der Waals surface area contributed by atoms with Gasteiger partial charge in [-0.3, -0.25) is 0 Å². The van der Waals surface area contributed by atoms with Crippen LogP contribution in [0.25, 0.3) is 5.69 Å². The topological polar surface area (TPSA) is 70.2 Å². The fourth-order valence-electron chi connectivity index (χ4n) is 2.54. The lowest BCUT2D eigenvalue weighted by molar-refractivity contribution is 0.0436. The summed E-state index contributed by atoms with van der Waals surface area (Å²) in [6.07, 6.45) is 0. The third-order valence-corrected chi connectivity index (χ3v) is 3.56. The van der Waals surface area contributed by atoms with Gasteiger partial charge in [-0.15, -0.1) is 10.2 Å². The van der Waals surface area contributed by atoms with Gasteiger partial charge in [-0.05, 0) is 32.0 Å². The Balaban J connectivity index is 1.82. The van der Waals surface area contributed by atoms with Gasteiger partial charge in [0.1, 0.15) is 0 Å². The molecule has 0 unspecified atom stereocenters. The molecule has 3 aromatic rings. The molecule has 23 heavy (non-hydrogen) atoms. The van der Waals surface area contributed by atoms with Crippen LogP contribution in [0.15, 0.2) is 40.8 Å². The van der Waals surface area contributed by atoms with E-state index in [0.717, 1.165) is 17.1 Å². The Bertz CT molecular complexity index is 834. The lowest BCUT2D eigenvalue weighted by atomic mass is 10.2. The van der Waals surface area contributed by atoms with Crippen LogP contribution in [0.5, 0.6) is 0 Å². The molecule has 3 rings (SSSR count). The number of aryl methyl sites for hydroxylation is 2. The number of esters is 1. The van der Waals surface area contributed by atoms with Gasteiger partial charge < -0.3 is 13.7 Å². The molecule has 0 bridgehead atoms. The Morgan fingerprint density at radius 2 is 1.91 bits per heavy atom. The van der Waals surface area contributed by atoms with Gasteiger partial charge in [0, 0.05) is 24.0 Å². The maximum atomic E-state index is 12.3. The van der Waals surface area contributed by atoms with Crippen LogP contribution < -0.4 is 0 Å². The maximum absolute atomic E-state index is 12.3. The number of rotatable bonds is 4. The normalized spacial score (nSPS) is 10.7. The van der Waals surface area contributed by atoms with Crippen molar-refractivity contribution in [2.24, 2.45) is 0 Å². The summed E-state index contributed by atoms with van der Waals surface area (Å²) in [7, 11) is 0. The van der Waals surface area contributed by atoms with Gasteiger partial charge in [0.05, 0.1) is 5.56 Å². The van der Waals surface area contributed by atoms with Gasteiger partial charge in [-0.25, -0.2) is 4.79 Å². The Morgan fingerprint density at radius 3 is 2.57 bits per heavy atom. The molecular weight excluding hydrogens is 294 g/mol. The average molecular weight is 311 g/mol. The summed E-state index contributed by atoms with van der Waals surface area (Å²) in [6.45, 7) is 5.51. The van der Waals surface area contributed by atoms with E-state index in [9.17, 15) is 4.79 Å². The zero-order valence-corrected chi connectivity index (χ0v) is 13.2. The number of nitrogens with zero attached hydrogens (tertiary/aromatic N) is 3. The van der Waals surface area contributed by atoms with Gasteiger partial charge >= 0.3 is 5.97 Å². The molecule has 0 radical (unpaired) electrons. The minimum absolute atomic E-state index is 0.0331. The minimum atomic E-state index is -0.406. The van der Waals surface area contributed by atoms with Crippen LogP contribution in [0.4, 0.5) is 0 Å². The third-order valence-electron chi connectivity index (χ3n) is 3.56. The van der Waals surface area contributed by atoms with Crippen LogP contribution in [0.1, 0.15) is 33.5 Å². The van der Waals surface area contributed by atoms with Crippen LogP contribution in [-0.2, 0) is 11.3 Å². The smallest absolute Gasteiger partial charge is 0.340 e. The molecule has 0 spiro atoms. The molecule has 0 amide bonds. The predicted octanol–water partition coefficient (Wildman–Crippen LogP) is 3.14. The number of carbonyl (C=O) groups excluding carboxylic acids is 1. The number of aromatic nitrogens is 3. The van der Waals surface area contributed by atoms with Gasteiger partial charge in [-0.2, -0.15) is 0 Å². The van der Waals surface area contributed by atoms with Gasteiger partial charge in [-0.1, -0.05) is 18.2 Å². The maximum Gasteiger partial charge on any atom is 0.340 e. The minimum Gasteiger partial charge on any atom is -0.452 e. The second kappa shape index (κ2) is 6.08. The Hall–Kier alpha value is -2.89. The largest absolute Gasteiger partial charge is 0.452 e. The van der Waals surface area contributed by atoms with E-state index in [1.54, 1.807) is 6.92 Å². The van der Waals surface area contributed by atoms with Crippen LogP contribution >= 0.6 is 0 Å². The van der Waals surface area contributed by atoms with Gasteiger partial charge in [0.2, 0.25) is 5.89 Å². The fourth-order valence-corrected chi connectivity index (χ4v) is 2.54. The molecule has 6 heteroatoms. The molecule has 0 N–H and O–H groups in total. The van der Waals surface area contributed by atoms with E-state index in [1.807, 2.05) is 54.8 Å². The van der Waals surface area contributed by atoms with Gasteiger partial charge in [0.15, 0.2) is 6.61 Å². The highest BCUT2D eigenvalue weighted by atomic mass is 16.5. The average Bonchev–Trinajstić information content (AvgIpc) is 3.09. The van der Waals surface area contributed by atoms with E-state index >= 15 is 0 Å². The van der Waals surface area contributed by atoms with E-state index in [1.165, 1.54) is 0 Å². The van der Waals surface area contributed by atoms with E-state index in [4.69, 9.17) is 9.15 Å². The highest BCUT2D eigenvalue weighted by molar-refractivity contribution is 5.91. The van der Waals surface area contributed by atoms with E-state index in [-0.39, 0.29) is 12.5 Å². The van der Waals surface area contributed by atoms with Crippen LogP contribution in [0, 0.1) is 20.8 Å². The molecule has 6 nitrogen and oxygen atoms in total. The molecule has 0 atom stereocenters. The first-order chi connectivity index (χ1) is 11.1. The van der Waals surface area contributed by atoms with E-state index in [2.05, 4.69) is 10.2 Å². The zero-order valence-electron chi connectivity index (χ0n) is 13.2. The lowest BCUT2D eigenvalue weighted by Gasteiger charge is -2.09. The molecule has 1 aromatic carbocycles. The van der Waals surface area contributed by atoms with Crippen molar-refractivity contribution in [3.63, 3.8) is 0 Å². The second-order valence-electron chi connectivity index (χ2n) is 5.25. The molecule has 0 fully saturated rings. The van der Waals surface area contributed by atoms with Crippen molar-refractivity contribution in [2.75, 3.05) is 0 Å². The first kappa shape index (κ1) is 15.0.